The number of rotatable bonds is 6. The first kappa shape index (κ1) is 15.0. The Bertz CT molecular complexity index is 436. The molecule has 1 fully saturated rings. The van der Waals surface area contributed by atoms with E-state index >= 15 is 0 Å². The van der Waals surface area contributed by atoms with Gasteiger partial charge in [0.15, 0.2) is 0 Å². The zero-order valence-corrected chi connectivity index (χ0v) is 12.4. The van der Waals surface area contributed by atoms with Crippen molar-refractivity contribution in [1.29, 1.82) is 0 Å². The summed E-state index contributed by atoms with van der Waals surface area (Å²) in [6.07, 6.45) is 2.87. The van der Waals surface area contributed by atoms with E-state index in [-0.39, 0.29) is 5.91 Å². The second-order valence-electron chi connectivity index (χ2n) is 5.51. The van der Waals surface area contributed by atoms with Gasteiger partial charge in [0.2, 0.25) is 0 Å². The van der Waals surface area contributed by atoms with Crippen molar-refractivity contribution in [2.45, 2.75) is 45.3 Å². The zero-order chi connectivity index (χ0) is 14.4. The fraction of sp³-hybridized carbons (Fsp3) is 0.562. The molecule has 0 aliphatic carbocycles. The Morgan fingerprint density at radius 2 is 2.10 bits per heavy atom. The van der Waals surface area contributed by atoms with E-state index in [1.165, 1.54) is 5.56 Å². The molecular weight excluding hydrogens is 252 g/mol. The fourth-order valence-corrected chi connectivity index (χ4v) is 2.34. The molecule has 2 rings (SSSR count). The van der Waals surface area contributed by atoms with Gasteiger partial charge in [-0.05, 0) is 50.4 Å². The molecule has 1 aliphatic rings. The van der Waals surface area contributed by atoms with Crippen LogP contribution in [0.3, 0.4) is 0 Å². The second kappa shape index (κ2) is 6.86. The number of carbonyl (C=O) groups excluding carboxylic acids is 1. The van der Waals surface area contributed by atoms with Crippen LogP contribution in [0.4, 0.5) is 5.69 Å². The molecule has 1 aromatic rings. The molecule has 4 nitrogen and oxygen atoms in total. The maximum atomic E-state index is 12.2. The largest absolute Gasteiger partial charge is 0.365 e. The SMILES string of the molecule is CCCNCc1ccc(NC(=O)C2(C)CCCO2)cc1. The predicted molar refractivity (Wildman–Crippen MR) is 80.7 cm³/mol. The van der Waals surface area contributed by atoms with Crippen LogP contribution in [0.5, 0.6) is 0 Å². The van der Waals surface area contributed by atoms with Crippen molar-refractivity contribution in [3.63, 3.8) is 0 Å². The van der Waals surface area contributed by atoms with Crippen LogP contribution in [0.2, 0.25) is 0 Å². The first-order valence-corrected chi connectivity index (χ1v) is 7.39. The van der Waals surface area contributed by atoms with Gasteiger partial charge in [-0.3, -0.25) is 4.79 Å². The van der Waals surface area contributed by atoms with Gasteiger partial charge >= 0.3 is 0 Å². The second-order valence-corrected chi connectivity index (χ2v) is 5.51. The first-order chi connectivity index (χ1) is 9.64. The summed E-state index contributed by atoms with van der Waals surface area (Å²) in [4.78, 5) is 12.2. The van der Waals surface area contributed by atoms with Crippen molar-refractivity contribution in [1.82, 2.24) is 5.32 Å². The molecule has 0 saturated carbocycles. The Morgan fingerprint density at radius 3 is 2.70 bits per heavy atom. The van der Waals surface area contributed by atoms with Crippen LogP contribution in [-0.4, -0.2) is 24.7 Å². The number of hydrogen-bond acceptors (Lipinski definition) is 3. The third-order valence-corrected chi connectivity index (χ3v) is 3.67. The minimum atomic E-state index is -0.665. The summed E-state index contributed by atoms with van der Waals surface area (Å²) >= 11 is 0. The van der Waals surface area contributed by atoms with Crippen LogP contribution in [0.15, 0.2) is 24.3 Å². The maximum Gasteiger partial charge on any atom is 0.256 e. The van der Waals surface area contributed by atoms with Crippen molar-refractivity contribution in [3.8, 4) is 0 Å². The molecular formula is C16H24N2O2. The van der Waals surface area contributed by atoms with Gasteiger partial charge in [0.25, 0.3) is 5.91 Å². The van der Waals surface area contributed by atoms with Gasteiger partial charge in [-0.1, -0.05) is 19.1 Å². The smallest absolute Gasteiger partial charge is 0.256 e. The summed E-state index contributed by atoms with van der Waals surface area (Å²) in [7, 11) is 0. The van der Waals surface area contributed by atoms with Gasteiger partial charge in [-0.15, -0.1) is 0 Å². The molecule has 1 aliphatic heterocycles. The molecule has 1 heterocycles. The molecule has 1 aromatic carbocycles. The average Bonchev–Trinajstić information content (AvgIpc) is 2.89. The molecule has 1 amide bonds. The van der Waals surface area contributed by atoms with E-state index in [0.29, 0.717) is 6.61 Å². The third kappa shape index (κ3) is 3.81. The van der Waals surface area contributed by atoms with Gasteiger partial charge in [0.1, 0.15) is 5.60 Å². The van der Waals surface area contributed by atoms with Crippen molar-refractivity contribution in [2.75, 3.05) is 18.5 Å². The Balaban J connectivity index is 1.88. The van der Waals surface area contributed by atoms with Crippen LogP contribution in [0.1, 0.15) is 38.7 Å². The molecule has 1 saturated heterocycles. The molecule has 2 N–H and O–H groups in total. The maximum absolute atomic E-state index is 12.2. The highest BCUT2D eigenvalue weighted by Crippen LogP contribution is 2.26. The van der Waals surface area contributed by atoms with E-state index < -0.39 is 5.60 Å². The van der Waals surface area contributed by atoms with Crippen molar-refractivity contribution >= 4 is 11.6 Å². The topological polar surface area (TPSA) is 50.4 Å². The number of amides is 1. The monoisotopic (exact) mass is 276 g/mol. The average molecular weight is 276 g/mol. The van der Waals surface area contributed by atoms with Crippen LogP contribution in [0, 0.1) is 0 Å². The number of carbonyl (C=O) groups is 1. The van der Waals surface area contributed by atoms with Crippen molar-refractivity contribution in [2.24, 2.45) is 0 Å². The van der Waals surface area contributed by atoms with Gasteiger partial charge in [-0.2, -0.15) is 0 Å². The Hall–Kier alpha value is -1.39. The summed E-state index contributed by atoms with van der Waals surface area (Å²) in [5.41, 5.74) is 1.38. The highest BCUT2D eigenvalue weighted by atomic mass is 16.5. The first-order valence-electron chi connectivity index (χ1n) is 7.39. The zero-order valence-electron chi connectivity index (χ0n) is 12.4. The molecule has 0 aromatic heterocycles. The Labute approximate surface area is 120 Å². The molecule has 20 heavy (non-hydrogen) atoms. The molecule has 0 spiro atoms. The third-order valence-electron chi connectivity index (χ3n) is 3.67. The van der Waals surface area contributed by atoms with Crippen LogP contribution in [0.25, 0.3) is 0 Å². The number of hydrogen-bond donors (Lipinski definition) is 2. The summed E-state index contributed by atoms with van der Waals surface area (Å²) in [5, 5.41) is 6.29. The Morgan fingerprint density at radius 1 is 1.35 bits per heavy atom. The van der Waals surface area contributed by atoms with Gasteiger partial charge in [0, 0.05) is 18.8 Å². The number of anilines is 1. The molecule has 0 radical (unpaired) electrons. The van der Waals surface area contributed by atoms with E-state index in [1.54, 1.807) is 0 Å². The lowest BCUT2D eigenvalue weighted by molar-refractivity contribution is -0.133. The molecule has 110 valence electrons. The molecule has 1 atom stereocenters. The lowest BCUT2D eigenvalue weighted by Crippen LogP contribution is -2.39. The van der Waals surface area contributed by atoms with E-state index in [0.717, 1.165) is 38.0 Å². The number of nitrogens with one attached hydrogen (secondary N) is 2. The number of ether oxygens (including phenoxy) is 1. The molecule has 1 unspecified atom stereocenters. The van der Waals surface area contributed by atoms with Crippen molar-refractivity contribution < 1.29 is 9.53 Å². The highest BCUT2D eigenvalue weighted by Gasteiger charge is 2.37. The van der Waals surface area contributed by atoms with Crippen LogP contribution in [-0.2, 0) is 16.1 Å². The van der Waals surface area contributed by atoms with Gasteiger partial charge in [0.05, 0.1) is 0 Å². The summed E-state index contributed by atoms with van der Waals surface area (Å²) < 4.78 is 5.54. The number of benzene rings is 1. The van der Waals surface area contributed by atoms with Crippen LogP contribution >= 0.6 is 0 Å². The van der Waals surface area contributed by atoms with Crippen LogP contribution < -0.4 is 10.6 Å². The van der Waals surface area contributed by atoms with E-state index in [1.807, 2.05) is 31.2 Å². The minimum Gasteiger partial charge on any atom is -0.365 e. The lowest BCUT2D eigenvalue weighted by Gasteiger charge is -2.21. The highest BCUT2D eigenvalue weighted by molar-refractivity contribution is 5.97. The van der Waals surface area contributed by atoms with E-state index in [9.17, 15) is 4.79 Å². The summed E-state index contributed by atoms with van der Waals surface area (Å²) in [6.45, 7) is 6.57. The standard InChI is InChI=1S/C16H24N2O2/c1-3-10-17-12-13-5-7-14(8-6-13)18-15(19)16(2)9-4-11-20-16/h5-8,17H,3-4,9-12H2,1-2H3,(H,18,19). The van der Waals surface area contributed by atoms with Gasteiger partial charge < -0.3 is 15.4 Å². The Kier molecular flexibility index (Phi) is 5.15. The van der Waals surface area contributed by atoms with Crippen molar-refractivity contribution in [3.05, 3.63) is 29.8 Å². The molecule has 0 bridgehead atoms. The quantitative estimate of drug-likeness (QED) is 0.785. The summed E-state index contributed by atoms with van der Waals surface area (Å²) in [5.74, 6) is -0.0492. The summed E-state index contributed by atoms with van der Waals surface area (Å²) in [6, 6.07) is 7.96. The minimum absolute atomic E-state index is 0.0492. The lowest BCUT2D eigenvalue weighted by atomic mass is 10.0. The van der Waals surface area contributed by atoms with E-state index in [2.05, 4.69) is 17.6 Å². The molecule has 4 heteroatoms. The van der Waals surface area contributed by atoms with E-state index in [4.69, 9.17) is 4.74 Å². The fourth-order valence-electron chi connectivity index (χ4n) is 2.34. The normalized spacial score (nSPS) is 21.9. The van der Waals surface area contributed by atoms with Gasteiger partial charge in [-0.25, -0.2) is 0 Å². The predicted octanol–water partition coefficient (Wildman–Crippen LogP) is 2.69.